The number of carbonyl (C=O) groups excluding carboxylic acids is 1. The molecule has 0 bridgehead atoms. The predicted molar refractivity (Wildman–Crippen MR) is 88.5 cm³/mol. The Kier molecular flexibility index (Phi) is 4.09. The van der Waals surface area contributed by atoms with E-state index in [-0.39, 0.29) is 11.9 Å². The number of benzene rings is 1. The summed E-state index contributed by atoms with van der Waals surface area (Å²) in [4.78, 5) is 21.1. The van der Waals surface area contributed by atoms with Gasteiger partial charge in [-0.1, -0.05) is 30.3 Å². The molecule has 1 aromatic rings. The minimum Gasteiger partial charge on any atom is -0.339 e. The fourth-order valence-corrected chi connectivity index (χ4v) is 2.86. The van der Waals surface area contributed by atoms with Crippen molar-refractivity contribution >= 4 is 11.7 Å². The number of amides is 1. The van der Waals surface area contributed by atoms with E-state index in [1.165, 1.54) is 5.56 Å². The van der Waals surface area contributed by atoms with Gasteiger partial charge in [-0.05, 0) is 31.6 Å². The van der Waals surface area contributed by atoms with Gasteiger partial charge in [0.05, 0.1) is 18.2 Å². The summed E-state index contributed by atoms with van der Waals surface area (Å²) < 4.78 is 0. The van der Waals surface area contributed by atoms with Crippen molar-refractivity contribution in [2.45, 2.75) is 19.9 Å². The van der Waals surface area contributed by atoms with Gasteiger partial charge in [0, 0.05) is 19.3 Å². The fourth-order valence-electron chi connectivity index (χ4n) is 2.86. The zero-order chi connectivity index (χ0) is 15.5. The topological polar surface area (TPSA) is 35.9 Å². The molecule has 4 heteroatoms. The van der Waals surface area contributed by atoms with E-state index in [0.29, 0.717) is 0 Å². The summed E-state index contributed by atoms with van der Waals surface area (Å²) in [6.07, 6.45) is 5.76. The van der Waals surface area contributed by atoms with Gasteiger partial charge in [0.15, 0.2) is 0 Å². The van der Waals surface area contributed by atoms with Crippen LogP contribution in [0.2, 0.25) is 0 Å². The van der Waals surface area contributed by atoms with Gasteiger partial charge in [0.1, 0.15) is 5.84 Å². The van der Waals surface area contributed by atoms with Gasteiger partial charge in [-0.2, -0.15) is 0 Å². The lowest BCUT2D eigenvalue weighted by atomic mass is 10.1. The van der Waals surface area contributed by atoms with Crippen molar-refractivity contribution in [3.8, 4) is 0 Å². The highest BCUT2D eigenvalue weighted by Crippen LogP contribution is 2.28. The second kappa shape index (κ2) is 6.18. The number of likely N-dealkylation sites (N-methyl/N-ethyl adjacent to an activating group) is 1. The molecule has 2 heterocycles. The first kappa shape index (κ1) is 14.6. The lowest BCUT2D eigenvalue weighted by Crippen LogP contribution is -2.34. The lowest BCUT2D eigenvalue weighted by Gasteiger charge is -2.23. The average Bonchev–Trinajstić information content (AvgIpc) is 2.99. The van der Waals surface area contributed by atoms with Crippen molar-refractivity contribution in [2.75, 3.05) is 19.6 Å². The molecule has 114 valence electrons. The number of carbonyl (C=O) groups is 1. The molecular formula is C18H21N3O. The standard InChI is InChI=1S/C18H21N3O/c1-3-20(4-2)18(22)15-10-11-17-19-16(13-21(17)12-15)14-8-6-5-7-9-14/h5-12,16H,3-4,13H2,1-2H3/t16-/m0/s1. The number of rotatable bonds is 4. The third kappa shape index (κ3) is 2.69. The van der Waals surface area contributed by atoms with Gasteiger partial charge in [-0.15, -0.1) is 0 Å². The maximum Gasteiger partial charge on any atom is 0.255 e. The van der Waals surface area contributed by atoms with Crippen LogP contribution >= 0.6 is 0 Å². The molecule has 0 unspecified atom stereocenters. The maximum atomic E-state index is 12.4. The number of hydrogen-bond acceptors (Lipinski definition) is 3. The molecule has 0 spiro atoms. The minimum atomic E-state index is 0.0865. The zero-order valence-electron chi connectivity index (χ0n) is 13.1. The molecule has 2 aliphatic heterocycles. The van der Waals surface area contributed by atoms with Crippen LogP contribution in [-0.4, -0.2) is 41.2 Å². The van der Waals surface area contributed by atoms with Gasteiger partial charge >= 0.3 is 0 Å². The highest BCUT2D eigenvalue weighted by Gasteiger charge is 2.27. The summed E-state index contributed by atoms with van der Waals surface area (Å²) in [6, 6.07) is 10.4. The highest BCUT2D eigenvalue weighted by molar-refractivity contribution is 6.03. The smallest absolute Gasteiger partial charge is 0.255 e. The molecule has 0 fully saturated rings. The second-order valence-corrected chi connectivity index (χ2v) is 5.46. The summed E-state index contributed by atoms with van der Waals surface area (Å²) >= 11 is 0. The maximum absolute atomic E-state index is 12.4. The molecule has 0 aliphatic carbocycles. The van der Waals surface area contributed by atoms with Crippen LogP contribution in [0.15, 0.2) is 59.2 Å². The Labute approximate surface area is 131 Å². The molecule has 1 amide bonds. The van der Waals surface area contributed by atoms with Crippen LogP contribution in [0.5, 0.6) is 0 Å². The quantitative estimate of drug-likeness (QED) is 0.856. The van der Waals surface area contributed by atoms with Crippen LogP contribution in [0, 0.1) is 0 Å². The van der Waals surface area contributed by atoms with Crippen molar-refractivity contribution in [3.63, 3.8) is 0 Å². The first-order chi connectivity index (χ1) is 10.7. The summed E-state index contributed by atoms with van der Waals surface area (Å²) in [7, 11) is 0. The summed E-state index contributed by atoms with van der Waals surface area (Å²) in [5.74, 6) is 1.02. The number of fused-ring (bicyclic) bond motifs is 1. The number of nitrogens with zero attached hydrogens (tertiary/aromatic N) is 3. The summed E-state index contributed by atoms with van der Waals surface area (Å²) in [5, 5.41) is 0. The molecule has 0 saturated heterocycles. The van der Waals surface area contributed by atoms with E-state index in [1.54, 1.807) is 0 Å². The number of aliphatic imine (C=N–C) groups is 1. The third-order valence-corrected chi connectivity index (χ3v) is 4.14. The molecule has 4 nitrogen and oxygen atoms in total. The third-order valence-electron chi connectivity index (χ3n) is 4.14. The Morgan fingerprint density at radius 1 is 1.23 bits per heavy atom. The molecule has 0 saturated carbocycles. The molecule has 0 aromatic heterocycles. The second-order valence-electron chi connectivity index (χ2n) is 5.46. The lowest BCUT2D eigenvalue weighted by molar-refractivity contribution is -0.126. The predicted octanol–water partition coefficient (Wildman–Crippen LogP) is 2.76. The Hall–Kier alpha value is -2.36. The van der Waals surface area contributed by atoms with E-state index < -0.39 is 0 Å². The molecule has 22 heavy (non-hydrogen) atoms. The molecule has 2 aliphatic rings. The minimum absolute atomic E-state index is 0.0865. The zero-order valence-corrected chi connectivity index (χ0v) is 13.1. The largest absolute Gasteiger partial charge is 0.339 e. The number of amidine groups is 1. The Morgan fingerprint density at radius 3 is 2.64 bits per heavy atom. The van der Waals surface area contributed by atoms with Crippen molar-refractivity contribution in [1.29, 1.82) is 0 Å². The fraction of sp³-hybridized carbons (Fsp3) is 0.333. The first-order valence-electron chi connectivity index (χ1n) is 7.81. The van der Waals surface area contributed by atoms with E-state index in [2.05, 4.69) is 17.0 Å². The molecule has 0 radical (unpaired) electrons. The molecule has 3 rings (SSSR count). The van der Waals surface area contributed by atoms with E-state index in [0.717, 1.165) is 31.0 Å². The summed E-state index contributed by atoms with van der Waals surface area (Å²) in [5.41, 5.74) is 1.94. The SMILES string of the molecule is CCN(CC)C(=O)C1=CN2C[C@@H](c3ccccc3)N=C2C=C1. The monoisotopic (exact) mass is 295 g/mol. The van der Waals surface area contributed by atoms with Gasteiger partial charge in [-0.3, -0.25) is 9.79 Å². The average molecular weight is 295 g/mol. The van der Waals surface area contributed by atoms with Gasteiger partial charge in [0.25, 0.3) is 5.91 Å². The summed E-state index contributed by atoms with van der Waals surface area (Å²) in [6.45, 7) is 6.26. The van der Waals surface area contributed by atoms with Crippen molar-refractivity contribution in [1.82, 2.24) is 9.80 Å². The van der Waals surface area contributed by atoms with Gasteiger partial charge in [0.2, 0.25) is 0 Å². The van der Waals surface area contributed by atoms with E-state index in [4.69, 9.17) is 4.99 Å². The van der Waals surface area contributed by atoms with Crippen LogP contribution in [0.1, 0.15) is 25.5 Å². The van der Waals surface area contributed by atoms with Crippen LogP contribution in [0.3, 0.4) is 0 Å². The van der Waals surface area contributed by atoms with Crippen molar-refractivity contribution in [3.05, 3.63) is 59.8 Å². The Bertz CT molecular complexity index is 642. The molecule has 0 N–H and O–H groups in total. The van der Waals surface area contributed by atoms with E-state index in [9.17, 15) is 4.79 Å². The van der Waals surface area contributed by atoms with Crippen molar-refractivity contribution < 1.29 is 4.79 Å². The van der Waals surface area contributed by atoms with Crippen molar-refractivity contribution in [2.24, 2.45) is 4.99 Å². The van der Waals surface area contributed by atoms with Gasteiger partial charge < -0.3 is 9.80 Å². The Morgan fingerprint density at radius 2 is 1.95 bits per heavy atom. The number of hydrogen-bond donors (Lipinski definition) is 0. The molecule has 1 aromatic carbocycles. The molecular weight excluding hydrogens is 274 g/mol. The van der Waals surface area contributed by atoms with Crippen LogP contribution in [0.25, 0.3) is 0 Å². The van der Waals surface area contributed by atoms with Crippen LogP contribution in [-0.2, 0) is 4.79 Å². The van der Waals surface area contributed by atoms with Crippen LogP contribution < -0.4 is 0 Å². The van der Waals surface area contributed by atoms with Crippen LogP contribution in [0.4, 0.5) is 0 Å². The Balaban J connectivity index is 1.78. The molecule has 1 atom stereocenters. The van der Waals surface area contributed by atoms with E-state index in [1.807, 2.05) is 55.3 Å². The normalized spacial score (nSPS) is 19.5. The van der Waals surface area contributed by atoms with E-state index >= 15 is 0 Å². The van der Waals surface area contributed by atoms with Gasteiger partial charge in [-0.25, -0.2) is 0 Å². The first-order valence-corrected chi connectivity index (χ1v) is 7.81. The highest BCUT2D eigenvalue weighted by atomic mass is 16.2.